The molecule has 1 aliphatic rings. The van der Waals surface area contributed by atoms with Gasteiger partial charge < -0.3 is 0 Å². The fourth-order valence-corrected chi connectivity index (χ4v) is 13.7. The SMILES string of the molecule is CC(C)(C)P(CC1=CC([Si](C)(C)C)=CC1CP(C(C)(C)C)C(C)(C)C)C(C)(C)C. The standard InChI is InChI=1S/C26H52P2Si/c1-23(2,3)27(24(4,5)6)18-20-16-22(29(13,14)15)17-21(20)19-28(25(7,8)9)26(10,11)12/h16-17,20H,18-19H2,1-15H3. The molecule has 0 heterocycles. The van der Waals surface area contributed by atoms with Crippen molar-refractivity contribution in [1.29, 1.82) is 0 Å². The molecule has 0 fully saturated rings. The summed E-state index contributed by atoms with van der Waals surface area (Å²) in [5.74, 6) is 0.663. The number of rotatable bonds is 5. The summed E-state index contributed by atoms with van der Waals surface area (Å²) in [4.78, 5) is 0. The summed E-state index contributed by atoms with van der Waals surface area (Å²) >= 11 is 0. The molecule has 1 unspecified atom stereocenters. The van der Waals surface area contributed by atoms with Crippen LogP contribution < -0.4 is 0 Å². The van der Waals surface area contributed by atoms with Gasteiger partial charge in [0.15, 0.2) is 0 Å². The van der Waals surface area contributed by atoms with Gasteiger partial charge in [-0.2, -0.15) is 0 Å². The minimum atomic E-state index is -1.29. The molecule has 1 atom stereocenters. The van der Waals surface area contributed by atoms with Gasteiger partial charge in [-0.25, -0.2) is 0 Å². The fourth-order valence-electron chi connectivity index (χ4n) is 4.89. The van der Waals surface area contributed by atoms with E-state index in [0.717, 1.165) is 0 Å². The van der Waals surface area contributed by atoms with Gasteiger partial charge in [0.05, 0.1) is 8.07 Å². The number of allylic oxidation sites excluding steroid dienone is 4. The van der Waals surface area contributed by atoms with Gasteiger partial charge in [0.25, 0.3) is 0 Å². The third kappa shape index (κ3) is 7.88. The van der Waals surface area contributed by atoms with Crippen molar-refractivity contribution in [3.8, 4) is 0 Å². The summed E-state index contributed by atoms with van der Waals surface area (Å²) < 4.78 is 0. The summed E-state index contributed by atoms with van der Waals surface area (Å²) in [6.45, 7) is 37.2. The van der Waals surface area contributed by atoms with Gasteiger partial charge in [0.2, 0.25) is 0 Å². The van der Waals surface area contributed by atoms with Gasteiger partial charge in [-0.05, 0) is 32.9 Å². The van der Waals surface area contributed by atoms with Crippen LogP contribution in [-0.4, -0.2) is 41.0 Å². The molecular formula is C26H52P2Si. The second-order valence-corrected chi connectivity index (χ2v) is 26.9. The highest BCUT2D eigenvalue weighted by molar-refractivity contribution is 7.61. The third-order valence-electron chi connectivity index (χ3n) is 6.02. The van der Waals surface area contributed by atoms with Crippen molar-refractivity contribution >= 4 is 23.9 Å². The zero-order chi connectivity index (χ0) is 23.2. The summed E-state index contributed by atoms with van der Waals surface area (Å²) in [5.41, 5.74) is 1.76. The molecule has 0 saturated carbocycles. The first-order valence-electron chi connectivity index (χ1n) is 11.5. The average molecular weight is 455 g/mol. The van der Waals surface area contributed by atoms with E-state index in [1.165, 1.54) is 12.3 Å². The van der Waals surface area contributed by atoms with E-state index in [2.05, 4.69) is 115 Å². The summed E-state index contributed by atoms with van der Waals surface area (Å²) in [5, 5.41) is 3.27. The third-order valence-corrected chi connectivity index (χ3v) is 16.0. The molecule has 0 aromatic rings. The van der Waals surface area contributed by atoms with Crippen molar-refractivity contribution < 1.29 is 0 Å². The molecule has 0 aliphatic heterocycles. The Labute approximate surface area is 188 Å². The Balaban J connectivity index is 3.36. The van der Waals surface area contributed by atoms with Gasteiger partial charge in [-0.1, -0.05) is 141 Å². The molecule has 0 spiro atoms. The fraction of sp³-hybridized carbons (Fsp3) is 0.846. The predicted octanol–water partition coefficient (Wildman–Crippen LogP) is 9.50. The van der Waals surface area contributed by atoms with Crippen LogP contribution in [0.4, 0.5) is 0 Å². The maximum atomic E-state index is 2.72. The lowest BCUT2D eigenvalue weighted by Crippen LogP contribution is -2.30. The van der Waals surface area contributed by atoms with E-state index in [0.29, 0.717) is 26.5 Å². The van der Waals surface area contributed by atoms with E-state index in [1.54, 1.807) is 10.8 Å². The van der Waals surface area contributed by atoms with Crippen LogP contribution in [0.15, 0.2) is 22.9 Å². The van der Waals surface area contributed by atoms with Crippen LogP contribution in [0.3, 0.4) is 0 Å². The molecule has 170 valence electrons. The van der Waals surface area contributed by atoms with Crippen LogP contribution in [0.25, 0.3) is 0 Å². The molecular weight excluding hydrogens is 402 g/mol. The first kappa shape index (κ1) is 27.6. The van der Waals surface area contributed by atoms with Crippen molar-refractivity contribution in [1.82, 2.24) is 0 Å². The molecule has 0 bridgehead atoms. The predicted molar refractivity (Wildman–Crippen MR) is 146 cm³/mol. The van der Waals surface area contributed by atoms with Crippen LogP contribution in [0.5, 0.6) is 0 Å². The normalized spacial score (nSPS) is 19.8. The molecule has 1 aliphatic carbocycles. The van der Waals surface area contributed by atoms with Crippen LogP contribution in [0.1, 0.15) is 83.1 Å². The average Bonchev–Trinajstić information content (AvgIpc) is 2.80. The Morgan fingerprint density at radius 3 is 1.38 bits per heavy atom. The van der Waals surface area contributed by atoms with Gasteiger partial charge in [0, 0.05) is 5.92 Å². The lowest BCUT2D eigenvalue weighted by atomic mass is 10.1. The van der Waals surface area contributed by atoms with E-state index in [4.69, 9.17) is 0 Å². The summed E-state index contributed by atoms with van der Waals surface area (Å²) in [6.07, 6.45) is 8.06. The van der Waals surface area contributed by atoms with Crippen molar-refractivity contribution in [3.05, 3.63) is 22.9 Å². The largest absolute Gasteiger partial charge is 0.0947 e. The number of hydrogen-bond acceptors (Lipinski definition) is 0. The van der Waals surface area contributed by atoms with Crippen LogP contribution in [-0.2, 0) is 0 Å². The molecule has 3 heteroatoms. The van der Waals surface area contributed by atoms with Gasteiger partial charge in [-0.3, -0.25) is 0 Å². The van der Waals surface area contributed by atoms with Crippen molar-refractivity contribution in [2.75, 3.05) is 12.3 Å². The van der Waals surface area contributed by atoms with E-state index in [-0.39, 0.29) is 15.8 Å². The molecule has 0 N–H and O–H groups in total. The molecule has 0 nitrogen and oxygen atoms in total. The van der Waals surface area contributed by atoms with E-state index in [9.17, 15) is 0 Å². The van der Waals surface area contributed by atoms with Crippen molar-refractivity contribution in [2.45, 2.75) is 123 Å². The molecule has 1 rings (SSSR count). The maximum absolute atomic E-state index is 2.72. The Bertz CT molecular complexity index is 594. The minimum Gasteiger partial charge on any atom is -0.0947 e. The van der Waals surface area contributed by atoms with E-state index in [1.807, 2.05) is 0 Å². The highest BCUT2D eigenvalue weighted by atomic mass is 31.1. The lowest BCUT2D eigenvalue weighted by Gasteiger charge is -2.45. The second kappa shape index (κ2) is 8.83. The number of hydrogen-bond donors (Lipinski definition) is 0. The van der Waals surface area contributed by atoms with Crippen molar-refractivity contribution in [2.24, 2.45) is 5.92 Å². The first-order chi connectivity index (χ1) is 12.5. The second-order valence-electron chi connectivity index (χ2n) is 14.1. The van der Waals surface area contributed by atoms with E-state index < -0.39 is 8.07 Å². The summed E-state index contributed by atoms with van der Waals surface area (Å²) in [7, 11) is -1.47. The minimum absolute atomic E-state index is 0.0793. The monoisotopic (exact) mass is 454 g/mol. The maximum Gasteiger partial charge on any atom is 0.0772 e. The molecule has 29 heavy (non-hydrogen) atoms. The van der Waals surface area contributed by atoms with Gasteiger partial charge in [-0.15, -0.1) is 0 Å². The summed E-state index contributed by atoms with van der Waals surface area (Å²) in [6, 6.07) is 0. The van der Waals surface area contributed by atoms with Crippen LogP contribution in [0.2, 0.25) is 19.6 Å². The van der Waals surface area contributed by atoms with Gasteiger partial charge in [0.1, 0.15) is 0 Å². The topological polar surface area (TPSA) is 0 Å². The smallest absolute Gasteiger partial charge is 0.0772 e. The highest BCUT2D eigenvalue weighted by Crippen LogP contribution is 2.64. The van der Waals surface area contributed by atoms with Crippen LogP contribution in [0, 0.1) is 5.92 Å². The highest BCUT2D eigenvalue weighted by Gasteiger charge is 2.40. The Hall–Kier alpha value is 0.557. The molecule has 0 amide bonds. The first-order valence-corrected chi connectivity index (χ1v) is 18.1. The molecule has 0 saturated heterocycles. The lowest BCUT2D eigenvalue weighted by molar-refractivity contribution is 0.687. The van der Waals surface area contributed by atoms with Crippen LogP contribution >= 0.6 is 15.8 Å². The molecule has 0 aromatic heterocycles. The molecule has 0 aromatic carbocycles. The Morgan fingerprint density at radius 2 is 1.07 bits per heavy atom. The van der Waals surface area contributed by atoms with Gasteiger partial charge >= 0.3 is 0 Å². The quantitative estimate of drug-likeness (QED) is 0.286. The Kier molecular flexibility index (Phi) is 8.40. The van der Waals surface area contributed by atoms with E-state index >= 15 is 0 Å². The molecule has 0 radical (unpaired) electrons. The zero-order valence-corrected chi connectivity index (χ0v) is 25.3. The Morgan fingerprint density at radius 1 is 0.690 bits per heavy atom. The van der Waals surface area contributed by atoms with Crippen molar-refractivity contribution in [3.63, 3.8) is 0 Å². The zero-order valence-electron chi connectivity index (χ0n) is 22.5.